The maximum Gasteiger partial charge on any atom is 0.348 e. The predicted octanol–water partition coefficient (Wildman–Crippen LogP) is 6.25. The molecule has 0 radical (unpaired) electrons. The van der Waals surface area contributed by atoms with Gasteiger partial charge >= 0.3 is 17.9 Å². The number of aliphatic hydroxyl groups excluding tert-OH is 7. The Morgan fingerprint density at radius 1 is 0.373 bits per heavy atom. The minimum atomic E-state index is -2.20. The molecule has 0 aliphatic rings. The Hall–Kier alpha value is -1.75. The average molecular weight is 855 g/mol. The van der Waals surface area contributed by atoms with Crippen molar-refractivity contribution in [3.63, 3.8) is 0 Å². The van der Waals surface area contributed by atoms with Gasteiger partial charge in [0.2, 0.25) is 0 Å². The first-order valence-electron chi connectivity index (χ1n) is 23.0. The van der Waals surface area contributed by atoms with Crippen LogP contribution in [0.5, 0.6) is 0 Å². The lowest BCUT2D eigenvalue weighted by molar-refractivity contribution is -0.190. The largest absolute Gasteiger partial charge is 0.480 e. The van der Waals surface area contributed by atoms with Crippen LogP contribution in [0.3, 0.4) is 0 Å². The fraction of sp³-hybridized carbons (Fsp3) is 0.933. The quantitative estimate of drug-likeness (QED) is 0.0186. The maximum atomic E-state index is 12.6. The van der Waals surface area contributed by atoms with E-state index in [1.165, 1.54) is 128 Å². The molecule has 59 heavy (non-hydrogen) atoms. The number of ether oxygens (including phenoxy) is 1. The first-order chi connectivity index (χ1) is 28.3. The van der Waals surface area contributed by atoms with Crippen LogP contribution in [-0.4, -0.2) is 126 Å². The zero-order valence-electron chi connectivity index (χ0n) is 37.3. The number of esters is 2. The highest BCUT2D eigenvalue weighted by Crippen LogP contribution is 2.23. The molecule has 10 N–H and O–H groups in total. The molecule has 0 aromatic heterocycles. The van der Waals surface area contributed by atoms with Crippen LogP contribution in [0.25, 0.3) is 0 Å². The van der Waals surface area contributed by atoms with Crippen LogP contribution in [0.2, 0.25) is 0 Å². The van der Waals surface area contributed by atoms with E-state index in [2.05, 4.69) is 13.8 Å². The van der Waals surface area contributed by atoms with Crippen LogP contribution in [0.1, 0.15) is 206 Å². The fourth-order valence-electron chi connectivity index (χ4n) is 6.29. The van der Waals surface area contributed by atoms with E-state index in [0.29, 0.717) is 12.8 Å². The third-order valence-corrected chi connectivity index (χ3v) is 10.8. The van der Waals surface area contributed by atoms with Gasteiger partial charge in [-0.15, -0.1) is 0 Å². The monoisotopic (exact) mass is 855 g/mol. The van der Waals surface area contributed by atoms with Gasteiger partial charge in [0.15, 0.2) is 11.2 Å². The van der Waals surface area contributed by atoms with Crippen molar-refractivity contribution in [1.29, 1.82) is 0 Å². The summed E-state index contributed by atoms with van der Waals surface area (Å²) in [5.41, 5.74) is -5.50. The highest BCUT2D eigenvalue weighted by molar-refractivity contribution is 5.94. The molecule has 0 saturated carbocycles. The Bertz CT molecular complexity index is 874. The Balaban J connectivity index is -0.00000189. The third-order valence-electron chi connectivity index (χ3n) is 10.8. The number of aliphatic carboxylic acids is 1. The summed E-state index contributed by atoms with van der Waals surface area (Å²) in [6.45, 7) is 0.347. The van der Waals surface area contributed by atoms with Crippen molar-refractivity contribution in [3.05, 3.63) is 0 Å². The first-order valence-corrected chi connectivity index (χ1v) is 23.0. The molecule has 354 valence electrons. The van der Waals surface area contributed by atoms with Gasteiger partial charge in [0, 0.05) is 0 Å². The molecular formula is C45H90O14. The molecule has 0 aromatic rings. The second-order valence-electron chi connectivity index (χ2n) is 16.4. The zero-order chi connectivity index (χ0) is 45.1. The molecular weight excluding hydrogens is 764 g/mol. The topological polar surface area (TPSA) is 263 Å². The van der Waals surface area contributed by atoms with Gasteiger partial charge < -0.3 is 55.8 Å². The lowest BCUT2D eigenvalue weighted by atomic mass is 9.93. The van der Waals surface area contributed by atoms with Crippen molar-refractivity contribution >= 4 is 17.9 Å². The molecule has 2 atom stereocenters. The first kappa shape index (κ1) is 61.5. The van der Waals surface area contributed by atoms with Gasteiger partial charge in [-0.3, -0.25) is 0 Å². The van der Waals surface area contributed by atoms with Gasteiger partial charge in [0.05, 0.1) is 45.1 Å². The van der Waals surface area contributed by atoms with Gasteiger partial charge in [-0.2, -0.15) is 0 Å². The Morgan fingerprint density at radius 2 is 0.576 bits per heavy atom. The van der Waals surface area contributed by atoms with Crippen LogP contribution >= 0.6 is 0 Å². The molecule has 0 aromatic carbocycles. The van der Waals surface area contributed by atoms with E-state index >= 15 is 0 Å². The summed E-state index contributed by atoms with van der Waals surface area (Å²) in [5.74, 6) is -3.72. The van der Waals surface area contributed by atoms with E-state index in [4.69, 9.17) is 40.2 Å². The average Bonchev–Trinajstić information content (AvgIpc) is 3.25. The smallest absolute Gasteiger partial charge is 0.348 e. The number of hydrogen-bond acceptors (Lipinski definition) is 13. The standard InChI is InChI=1S/C38H74O7.C5H12O4.C2H4O3/c1-3-5-7-9-11-13-15-17-19-21-23-25-27-29-31-37(43,33-39)35(41)45-36(42)38(44,34-40)32-30-28-26-24-22-20-18-16-14-12-10-8-6-4-2;6-1-5(2-7,3-8)4-9;3-1-2(4)5/h39-40,43-44H,3-34H2,1-2H3;6-9H,1-4H2;3H,1H2,(H,4,5). The number of rotatable bonds is 39. The van der Waals surface area contributed by atoms with Crippen molar-refractivity contribution in [3.8, 4) is 0 Å². The Labute approximate surface area is 356 Å². The number of unbranched alkanes of at least 4 members (excludes halogenated alkanes) is 26. The van der Waals surface area contributed by atoms with Gasteiger partial charge in [0.25, 0.3) is 0 Å². The molecule has 0 amide bonds. The van der Waals surface area contributed by atoms with E-state index in [-0.39, 0.29) is 12.8 Å². The minimum absolute atomic E-state index is 0.0237. The Kier molecular flexibility index (Phi) is 44.8. The molecule has 0 heterocycles. The van der Waals surface area contributed by atoms with Gasteiger partial charge in [0.1, 0.15) is 6.61 Å². The molecule has 2 unspecified atom stereocenters. The van der Waals surface area contributed by atoms with Crippen molar-refractivity contribution in [2.45, 2.75) is 218 Å². The number of carboxylic acid groups (broad SMARTS) is 1. The molecule has 0 aliphatic heterocycles. The van der Waals surface area contributed by atoms with Crippen LogP contribution in [0, 0.1) is 5.41 Å². The van der Waals surface area contributed by atoms with Crippen molar-refractivity contribution in [2.75, 3.05) is 46.2 Å². The molecule has 0 aliphatic carbocycles. The van der Waals surface area contributed by atoms with E-state index in [1.54, 1.807) is 0 Å². The summed E-state index contributed by atoms with van der Waals surface area (Å²) < 4.78 is 4.80. The summed E-state index contributed by atoms with van der Waals surface area (Å²) in [5, 5.41) is 89.7. The second kappa shape index (κ2) is 42.9. The van der Waals surface area contributed by atoms with Gasteiger partial charge in [-0.25, -0.2) is 14.4 Å². The van der Waals surface area contributed by atoms with Crippen molar-refractivity contribution < 1.29 is 70.2 Å². The highest BCUT2D eigenvalue weighted by atomic mass is 16.6. The molecule has 0 rings (SSSR count). The van der Waals surface area contributed by atoms with Gasteiger partial charge in [-0.1, -0.05) is 181 Å². The molecule has 0 fully saturated rings. The van der Waals surface area contributed by atoms with Crippen LogP contribution < -0.4 is 0 Å². The predicted molar refractivity (Wildman–Crippen MR) is 231 cm³/mol. The Morgan fingerprint density at radius 3 is 0.729 bits per heavy atom. The molecule has 0 spiro atoms. The van der Waals surface area contributed by atoms with Crippen molar-refractivity contribution in [2.24, 2.45) is 5.41 Å². The number of hydrogen-bond donors (Lipinski definition) is 10. The number of carbonyl (C=O) groups excluding carboxylic acids is 2. The molecule has 0 bridgehead atoms. The molecule has 0 saturated heterocycles. The van der Waals surface area contributed by atoms with E-state index < -0.39 is 80.8 Å². The van der Waals surface area contributed by atoms with E-state index in [1.807, 2.05) is 0 Å². The normalized spacial score (nSPS) is 13.3. The maximum absolute atomic E-state index is 12.6. The van der Waals surface area contributed by atoms with E-state index in [9.17, 15) is 30.0 Å². The summed E-state index contributed by atoms with van der Waals surface area (Å²) in [6, 6.07) is 0. The summed E-state index contributed by atoms with van der Waals surface area (Å²) >= 11 is 0. The van der Waals surface area contributed by atoms with Gasteiger partial charge in [-0.05, 0) is 25.7 Å². The number of aliphatic hydroxyl groups is 9. The lowest BCUT2D eigenvalue weighted by Gasteiger charge is -2.27. The molecule has 14 heteroatoms. The minimum Gasteiger partial charge on any atom is -0.480 e. The molecule has 14 nitrogen and oxygen atoms in total. The number of carbonyl (C=O) groups is 3. The SMILES string of the molecule is CCCCCCCCCCCCCCCCC(O)(CO)C(=O)OC(=O)C(O)(CO)CCCCCCCCCCCCCCCC.O=C(O)CO.OCC(CO)(CO)CO. The van der Waals surface area contributed by atoms with Crippen molar-refractivity contribution in [1.82, 2.24) is 0 Å². The fourth-order valence-corrected chi connectivity index (χ4v) is 6.29. The van der Waals surface area contributed by atoms with Crippen LogP contribution in [0.4, 0.5) is 0 Å². The second-order valence-corrected chi connectivity index (χ2v) is 16.4. The zero-order valence-corrected chi connectivity index (χ0v) is 37.3. The third kappa shape index (κ3) is 35.5. The highest BCUT2D eigenvalue weighted by Gasteiger charge is 2.43. The summed E-state index contributed by atoms with van der Waals surface area (Å²) in [6.07, 6.45) is 32.8. The summed E-state index contributed by atoms with van der Waals surface area (Å²) in [7, 11) is 0. The lowest BCUT2D eigenvalue weighted by Crippen LogP contribution is -2.50. The van der Waals surface area contributed by atoms with Crippen LogP contribution in [-0.2, 0) is 19.1 Å². The number of carboxylic acids is 1. The van der Waals surface area contributed by atoms with E-state index in [0.717, 1.165) is 38.5 Å². The summed E-state index contributed by atoms with van der Waals surface area (Å²) in [4.78, 5) is 34.3. The van der Waals surface area contributed by atoms with Crippen LogP contribution in [0.15, 0.2) is 0 Å².